The lowest BCUT2D eigenvalue weighted by atomic mass is 10.0. The minimum Gasteiger partial charge on any atom is -0.488 e. The summed E-state index contributed by atoms with van der Waals surface area (Å²) in [5.41, 5.74) is 0.872. The van der Waals surface area contributed by atoms with Crippen molar-refractivity contribution >= 4 is 21.8 Å². The van der Waals surface area contributed by atoms with Crippen LogP contribution in [-0.2, 0) is 6.42 Å². The van der Waals surface area contributed by atoms with Crippen LogP contribution in [0.25, 0.3) is 0 Å². The van der Waals surface area contributed by atoms with E-state index in [1.165, 1.54) is 12.1 Å². The van der Waals surface area contributed by atoms with Gasteiger partial charge in [-0.25, -0.2) is 4.39 Å². The molecule has 0 bridgehead atoms. The third kappa shape index (κ3) is 4.12. The fourth-order valence-corrected chi connectivity index (χ4v) is 3.15. The quantitative estimate of drug-likeness (QED) is 0.758. The van der Waals surface area contributed by atoms with Crippen LogP contribution in [0.4, 0.5) is 4.39 Å². The van der Waals surface area contributed by atoms with E-state index in [4.69, 9.17) is 9.47 Å². The van der Waals surface area contributed by atoms with Crippen LogP contribution in [0.1, 0.15) is 29.8 Å². The fraction of sp³-hybridized carbons (Fsp3) is 0.316. The highest BCUT2D eigenvalue weighted by atomic mass is 79.9. The zero-order valence-corrected chi connectivity index (χ0v) is 15.7. The maximum atomic E-state index is 13.7. The van der Waals surface area contributed by atoms with Gasteiger partial charge in [-0.05, 0) is 38.1 Å². The third-order valence-electron chi connectivity index (χ3n) is 3.87. The number of carbonyl (C=O) groups excluding carboxylic acids is 1. The second-order valence-corrected chi connectivity index (χ2v) is 7.43. The predicted octanol–water partition coefficient (Wildman–Crippen LogP) is 4.11. The highest BCUT2D eigenvalue weighted by molar-refractivity contribution is 9.10. The Balaban J connectivity index is 1.56. The smallest absolute Gasteiger partial charge is 0.254 e. The van der Waals surface area contributed by atoms with Crippen LogP contribution in [0.2, 0.25) is 0 Å². The molecule has 6 heteroatoms. The predicted molar refractivity (Wildman–Crippen MR) is 96.8 cm³/mol. The molecule has 1 aliphatic rings. The second kappa shape index (κ2) is 7.04. The second-order valence-electron chi connectivity index (χ2n) is 6.51. The lowest BCUT2D eigenvalue weighted by Crippen LogP contribution is -2.29. The summed E-state index contributed by atoms with van der Waals surface area (Å²) in [5.74, 6) is 0.388. The monoisotopic (exact) mass is 407 g/mol. The lowest BCUT2D eigenvalue weighted by Gasteiger charge is -2.18. The minimum atomic E-state index is -0.557. The van der Waals surface area contributed by atoms with E-state index in [1.807, 2.05) is 32.0 Å². The summed E-state index contributed by atoms with van der Waals surface area (Å²) in [6.07, 6.45) is 0.832. The minimum absolute atomic E-state index is 0.0000562. The third-order valence-corrected chi connectivity index (χ3v) is 4.37. The summed E-state index contributed by atoms with van der Waals surface area (Å²) in [5, 5.41) is 2.66. The van der Waals surface area contributed by atoms with Crippen molar-refractivity contribution < 1.29 is 18.7 Å². The first-order valence-electron chi connectivity index (χ1n) is 8.03. The van der Waals surface area contributed by atoms with Crippen molar-refractivity contribution in [1.82, 2.24) is 5.32 Å². The van der Waals surface area contributed by atoms with Crippen molar-refractivity contribution in [2.24, 2.45) is 0 Å². The molecule has 1 heterocycles. The van der Waals surface area contributed by atoms with Gasteiger partial charge in [0.2, 0.25) is 0 Å². The Kier molecular flexibility index (Phi) is 4.99. The van der Waals surface area contributed by atoms with Crippen molar-refractivity contribution in [2.45, 2.75) is 25.9 Å². The summed E-state index contributed by atoms with van der Waals surface area (Å²) < 4.78 is 26.0. The number of nitrogens with one attached hydrogen (secondary N) is 1. The van der Waals surface area contributed by atoms with Crippen molar-refractivity contribution in [2.75, 3.05) is 13.2 Å². The molecule has 2 aromatic rings. The van der Waals surface area contributed by atoms with E-state index < -0.39 is 11.7 Å². The van der Waals surface area contributed by atoms with Gasteiger partial charge in [0.15, 0.2) is 11.5 Å². The van der Waals surface area contributed by atoms with Crippen molar-refractivity contribution in [1.29, 1.82) is 0 Å². The number of halogens is 2. The van der Waals surface area contributed by atoms with Crippen LogP contribution in [0.15, 0.2) is 40.9 Å². The van der Waals surface area contributed by atoms with Crippen LogP contribution in [0, 0.1) is 5.82 Å². The molecule has 0 saturated heterocycles. The molecule has 0 aliphatic carbocycles. The van der Waals surface area contributed by atoms with E-state index in [1.54, 1.807) is 6.07 Å². The Bertz CT molecular complexity index is 807. The molecule has 2 aromatic carbocycles. The molecule has 0 atom stereocenters. The van der Waals surface area contributed by atoms with Gasteiger partial charge in [-0.15, -0.1) is 0 Å². The fourth-order valence-electron chi connectivity index (χ4n) is 2.79. The maximum Gasteiger partial charge on any atom is 0.254 e. The van der Waals surface area contributed by atoms with E-state index in [2.05, 4.69) is 21.2 Å². The summed E-state index contributed by atoms with van der Waals surface area (Å²) in [7, 11) is 0. The van der Waals surface area contributed by atoms with Crippen LogP contribution in [-0.4, -0.2) is 24.7 Å². The average Bonchev–Trinajstić information content (AvgIpc) is 2.88. The van der Waals surface area contributed by atoms with Crippen LogP contribution in [0.3, 0.4) is 0 Å². The number of ether oxygens (including phenoxy) is 2. The van der Waals surface area contributed by atoms with Crippen molar-refractivity contribution in [3.63, 3.8) is 0 Å². The number of carbonyl (C=O) groups is 1. The normalized spacial score (nSPS) is 14.6. The topological polar surface area (TPSA) is 47.6 Å². The molecular weight excluding hydrogens is 389 g/mol. The maximum absolute atomic E-state index is 13.7. The van der Waals surface area contributed by atoms with E-state index in [0.29, 0.717) is 10.2 Å². The summed E-state index contributed by atoms with van der Waals surface area (Å²) in [4.78, 5) is 12.0. The van der Waals surface area contributed by atoms with E-state index in [0.717, 1.165) is 17.7 Å². The van der Waals surface area contributed by atoms with Crippen LogP contribution >= 0.6 is 15.9 Å². The SMILES string of the molecule is CC1(C)Cc2cccc(OCCNC(=O)c3cc(Br)ccc3F)c2O1. The molecule has 4 nitrogen and oxygen atoms in total. The Hall–Kier alpha value is -2.08. The summed E-state index contributed by atoms with van der Waals surface area (Å²) in [6, 6.07) is 10.0. The standard InChI is InChI=1S/C19H19BrFNO3/c1-19(2)11-12-4-3-5-16(17(12)25-19)24-9-8-22-18(23)14-10-13(20)6-7-15(14)21/h3-7,10H,8-9,11H2,1-2H3,(H,22,23). The highest BCUT2D eigenvalue weighted by Gasteiger charge is 2.32. The zero-order valence-electron chi connectivity index (χ0n) is 14.1. The van der Waals surface area contributed by atoms with Gasteiger partial charge >= 0.3 is 0 Å². The van der Waals surface area contributed by atoms with Gasteiger partial charge < -0.3 is 14.8 Å². The van der Waals surface area contributed by atoms with Crippen LogP contribution in [0.5, 0.6) is 11.5 Å². The molecule has 0 radical (unpaired) electrons. The van der Waals surface area contributed by atoms with Crippen molar-refractivity contribution in [3.8, 4) is 11.5 Å². The largest absolute Gasteiger partial charge is 0.488 e. The van der Waals surface area contributed by atoms with Gasteiger partial charge in [-0.2, -0.15) is 0 Å². The Labute approximate surface area is 154 Å². The number of fused-ring (bicyclic) bond motifs is 1. The molecule has 0 fully saturated rings. The number of hydrogen-bond acceptors (Lipinski definition) is 3. The zero-order chi connectivity index (χ0) is 18.0. The first-order valence-corrected chi connectivity index (χ1v) is 8.82. The molecule has 1 aliphatic heterocycles. The summed E-state index contributed by atoms with van der Waals surface area (Å²) >= 11 is 3.23. The average molecular weight is 408 g/mol. The molecule has 0 spiro atoms. The highest BCUT2D eigenvalue weighted by Crippen LogP contribution is 2.41. The van der Waals surface area contributed by atoms with E-state index >= 15 is 0 Å². The van der Waals surface area contributed by atoms with E-state index in [-0.39, 0.29) is 24.3 Å². The summed E-state index contributed by atoms with van der Waals surface area (Å²) in [6.45, 7) is 4.59. The van der Waals surface area contributed by atoms with Gasteiger partial charge in [-0.1, -0.05) is 28.1 Å². The molecule has 132 valence electrons. The molecule has 0 aromatic heterocycles. The molecule has 3 rings (SSSR count). The van der Waals surface area contributed by atoms with Crippen molar-refractivity contribution in [3.05, 3.63) is 57.8 Å². The molecule has 0 unspecified atom stereocenters. The number of rotatable bonds is 5. The molecule has 25 heavy (non-hydrogen) atoms. The number of para-hydroxylation sites is 1. The number of benzene rings is 2. The van der Waals surface area contributed by atoms with E-state index in [9.17, 15) is 9.18 Å². The van der Waals surface area contributed by atoms with Gasteiger partial charge in [0.05, 0.1) is 12.1 Å². The molecule has 0 saturated carbocycles. The molecule has 1 N–H and O–H groups in total. The molecule has 1 amide bonds. The van der Waals surface area contributed by atoms with Gasteiger partial charge in [-0.3, -0.25) is 4.79 Å². The Morgan fingerprint density at radius 3 is 2.96 bits per heavy atom. The van der Waals surface area contributed by atoms with Crippen LogP contribution < -0.4 is 14.8 Å². The van der Waals surface area contributed by atoms with Gasteiger partial charge in [0.1, 0.15) is 18.0 Å². The molecular formula is C19H19BrFNO3. The number of hydrogen-bond donors (Lipinski definition) is 1. The Morgan fingerprint density at radius 2 is 2.16 bits per heavy atom. The Morgan fingerprint density at radius 1 is 1.36 bits per heavy atom. The lowest BCUT2D eigenvalue weighted by molar-refractivity contribution is 0.0942. The first kappa shape index (κ1) is 17.7. The first-order chi connectivity index (χ1) is 11.9. The van der Waals surface area contributed by atoms with Gasteiger partial charge in [0.25, 0.3) is 5.91 Å². The number of amides is 1. The van der Waals surface area contributed by atoms with Gasteiger partial charge in [0, 0.05) is 16.5 Å².